The molecule has 3 aromatic rings. The third kappa shape index (κ3) is 1.62. The predicted octanol–water partition coefficient (Wildman–Crippen LogP) is 6.66. The second kappa shape index (κ2) is 4.81. The summed E-state index contributed by atoms with van der Waals surface area (Å²) in [6, 6.07) is 9.54. The molecule has 1 aromatic carbocycles. The first kappa shape index (κ1) is 17.4. The van der Waals surface area contributed by atoms with Gasteiger partial charge in [-0.1, -0.05) is 45.9 Å². The number of fused-ring (bicyclic) bond motifs is 7. The minimum absolute atomic E-state index is 0.0469. The van der Waals surface area contributed by atoms with Gasteiger partial charge in [0, 0.05) is 29.4 Å². The molecule has 0 amide bonds. The van der Waals surface area contributed by atoms with Crippen LogP contribution in [0.25, 0.3) is 10.2 Å². The van der Waals surface area contributed by atoms with E-state index in [9.17, 15) is 0 Å². The summed E-state index contributed by atoms with van der Waals surface area (Å²) in [7, 11) is 2.25. The summed E-state index contributed by atoms with van der Waals surface area (Å²) in [5.74, 6) is 0. The quantitative estimate of drug-likeness (QED) is 0.424. The van der Waals surface area contributed by atoms with Crippen molar-refractivity contribution in [3.63, 3.8) is 0 Å². The van der Waals surface area contributed by atoms with E-state index in [2.05, 4.69) is 94.6 Å². The lowest BCUT2D eigenvalue weighted by molar-refractivity contribution is 0.0661. The summed E-state index contributed by atoms with van der Waals surface area (Å²) in [6.07, 6.45) is 0. The molecule has 0 bridgehead atoms. The second-order valence-corrected chi connectivity index (χ2v) is 10.7. The molecule has 142 valence electrons. The molecule has 0 saturated heterocycles. The predicted molar refractivity (Wildman–Crippen MR) is 117 cm³/mol. The molecule has 0 saturated carbocycles. The van der Waals surface area contributed by atoms with Crippen molar-refractivity contribution in [1.29, 1.82) is 0 Å². The molecule has 4 heterocycles. The average molecular weight is 379 g/mol. The molecule has 0 aliphatic carbocycles. The van der Waals surface area contributed by atoms with E-state index in [0.29, 0.717) is 6.04 Å². The first-order valence-electron chi connectivity index (χ1n) is 10.0. The van der Waals surface area contributed by atoms with E-state index in [4.69, 9.17) is 0 Å². The van der Waals surface area contributed by atoms with Gasteiger partial charge in [-0.3, -0.25) is 0 Å². The normalized spacial score (nSPS) is 27.6. The molecule has 27 heavy (non-hydrogen) atoms. The molecule has 0 fully saturated rings. The van der Waals surface area contributed by atoms with Gasteiger partial charge in [-0.25, -0.2) is 0 Å². The minimum atomic E-state index is -0.0469. The number of para-hydroxylation sites is 1. The van der Waals surface area contributed by atoms with Crippen molar-refractivity contribution in [3.05, 3.63) is 52.0 Å². The van der Waals surface area contributed by atoms with Crippen molar-refractivity contribution in [2.24, 2.45) is 12.5 Å². The Morgan fingerprint density at radius 3 is 2.44 bits per heavy atom. The van der Waals surface area contributed by atoms with Crippen molar-refractivity contribution < 1.29 is 0 Å². The van der Waals surface area contributed by atoms with Crippen LogP contribution < -0.4 is 4.90 Å². The average Bonchev–Trinajstić information content (AvgIpc) is 3.22. The summed E-state index contributed by atoms with van der Waals surface area (Å²) in [6.45, 7) is 17.1. The van der Waals surface area contributed by atoms with E-state index in [1.807, 2.05) is 11.3 Å². The molecule has 2 aliphatic rings. The molecular weight excluding hydrogens is 348 g/mol. The zero-order chi connectivity index (χ0) is 19.5. The van der Waals surface area contributed by atoms with Gasteiger partial charge in [0.2, 0.25) is 0 Å². The van der Waals surface area contributed by atoms with Gasteiger partial charge in [0.25, 0.3) is 0 Å². The Morgan fingerprint density at radius 2 is 1.74 bits per heavy atom. The molecule has 3 heteroatoms. The fourth-order valence-electron chi connectivity index (χ4n) is 6.22. The number of hydrogen-bond acceptors (Lipinski definition) is 2. The van der Waals surface area contributed by atoms with Crippen molar-refractivity contribution in [3.8, 4) is 0 Å². The van der Waals surface area contributed by atoms with E-state index in [0.717, 1.165) is 0 Å². The zero-order valence-corrected chi connectivity index (χ0v) is 18.6. The number of anilines is 1. The van der Waals surface area contributed by atoms with Crippen LogP contribution >= 0.6 is 11.3 Å². The molecule has 0 spiro atoms. The number of hydrogen-bond donors (Lipinski definition) is 0. The highest BCUT2D eigenvalue weighted by molar-refractivity contribution is 7.17. The summed E-state index contributed by atoms with van der Waals surface area (Å²) < 4.78 is 3.93. The lowest BCUT2D eigenvalue weighted by atomic mass is 9.51. The topological polar surface area (TPSA) is 8.17 Å². The summed E-state index contributed by atoms with van der Waals surface area (Å²) in [5, 5.41) is 2.25. The molecule has 0 N–H and O–H groups in total. The van der Waals surface area contributed by atoms with E-state index in [-0.39, 0.29) is 16.4 Å². The number of benzene rings is 1. The molecule has 2 nitrogen and oxygen atoms in total. The Morgan fingerprint density at radius 1 is 1.04 bits per heavy atom. The number of rotatable bonds is 0. The van der Waals surface area contributed by atoms with Crippen LogP contribution in [0.1, 0.15) is 70.0 Å². The van der Waals surface area contributed by atoms with Crippen molar-refractivity contribution in [1.82, 2.24) is 4.57 Å². The lowest BCUT2D eigenvalue weighted by Crippen LogP contribution is -2.62. The molecule has 2 aliphatic heterocycles. The fourth-order valence-corrected chi connectivity index (χ4v) is 7.30. The monoisotopic (exact) mass is 378 g/mol. The van der Waals surface area contributed by atoms with Crippen molar-refractivity contribution in [2.45, 2.75) is 65.5 Å². The van der Waals surface area contributed by atoms with Gasteiger partial charge in [-0.2, -0.15) is 0 Å². The lowest BCUT2D eigenvalue weighted by Gasteiger charge is -2.62. The number of aryl methyl sites for hydroxylation is 2. The first-order chi connectivity index (χ1) is 12.6. The van der Waals surface area contributed by atoms with E-state index >= 15 is 0 Å². The first-order valence-corrected chi connectivity index (χ1v) is 10.9. The number of thiophene rings is 1. The third-order valence-corrected chi connectivity index (χ3v) is 9.45. The standard InChI is InChI=1S/C24H30N2S/c1-14-10-9-11-16-19(14)26-15(2)20-18(21-17(25(20)8)12-13-27-21)24(26,7)23(5,6)22(16,3)4/h9-13,15H,1-8H3. The van der Waals surface area contributed by atoms with Gasteiger partial charge < -0.3 is 9.47 Å². The van der Waals surface area contributed by atoms with Crippen LogP contribution in [-0.2, 0) is 18.0 Å². The van der Waals surface area contributed by atoms with E-state index in [1.54, 1.807) is 5.56 Å². The molecular formula is C24H30N2S. The molecule has 2 aromatic heterocycles. The Balaban J connectivity index is 1.97. The molecule has 5 rings (SSSR count). The Kier molecular flexibility index (Phi) is 3.09. The zero-order valence-electron chi connectivity index (χ0n) is 17.8. The van der Waals surface area contributed by atoms with Crippen molar-refractivity contribution in [2.75, 3.05) is 4.90 Å². The summed E-state index contributed by atoms with van der Waals surface area (Å²) >= 11 is 1.91. The van der Waals surface area contributed by atoms with E-state index < -0.39 is 0 Å². The van der Waals surface area contributed by atoms with Gasteiger partial charge in [-0.15, -0.1) is 11.3 Å². The van der Waals surface area contributed by atoms with Crippen LogP contribution in [0.3, 0.4) is 0 Å². The van der Waals surface area contributed by atoms with Crippen LogP contribution in [-0.4, -0.2) is 4.57 Å². The largest absolute Gasteiger partial charge is 0.353 e. The fraction of sp³-hybridized carbons (Fsp3) is 0.500. The third-order valence-electron chi connectivity index (χ3n) is 8.53. The smallest absolute Gasteiger partial charge is 0.0724 e. The minimum Gasteiger partial charge on any atom is -0.353 e. The van der Waals surface area contributed by atoms with Crippen LogP contribution in [0, 0.1) is 12.3 Å². The maximum absolute atomic E-state index is 2.76. The summed E-state index contributed by atoms with van der Waals surface area (Å²) in [4.78, 5) is 2.76. The maximum Gasteiger partial charge on any atom is 0.0724 e. The van der Waals surface area contributed by atoms with Gasteiger partial charge in [0.05, 0.1) is 21.8 Å². The van der Waals surface area contributed by atoms with Gasteiger partial charge >= 0.3 is 0 Å². The highest BCUT2D eigenvalue weighted by Gasteiger charge is 2.65. The highest BCUT2D eigenvalue weighted by Crippen LogP contribution is 2.68. The summed E-state index contributed by atoms with van der Waals surface area (Å²) in [5.41, 5.74) is 8.89. The van der Waals surface area contributed by atoms with Crippen LogP contribution in [0.2, 0.25) is 0 Å². The van der Waals surface area contributed by atoms with Crippen LogP contribution in [0.5, 0.6) is 0 Å². The molecule has 2 unspecified atom stereocenters. The van der Waals surface area contributed by atoms with Crippen LogP contribution in [0.15, 0.2) is 29.6 Å². The van der Waals surface area contributed by atoms with Crippen molar-refractivity contribution >= 4 is 27.2 Å². The molecule has 2 atom stereocenters. The highest BCUT2D eigenvalue weighted by atomic mass is 32.1. The number of nitrogens with zero attached hydrogens (tertiary/aromatic N) is 2. The Bertz CT molecular complexity index is 1100. The maximum atomic E-state index is 2.76. The van der Waals surface area contributed by atoms with Gasteiger partial charge in [0.15, 0.2) is 0 Å². The molecule has 0 radical (unpaired) electrons. The Hall–Kier alpha value is -1.74. The Labute approximate surface area is 166 Å². The van der Waals surface area contributed by atoms with E-state index in [1.165, 1.54) is 32.7 Å². The second-order valence-electron chi connectivity index (χ2n) is 9.79. The number of aromatic nitrogens is 1. The van der Waals surface area contributed by atoms with Gasteiger partial charge in [0.1, 0.15) is 0 Å². The van der Waals surface area contributed by atoms with Gasteiger partial charge in [-0.05, 0) is 48.8 Å². The SMILES string of the molecule is Cc1cccc2c1N1C(C)c3c(c4sccc4n3C)C1(C)C(C)(C)C2(C)C. The van der Waals surface area contributed by atoms with Crippen LogP contribution in [0.4, 0.5) is 5.69 Å².